The number of benzene rings is 1. The van der Waals surface area contributed by atoms with E-state index in [1.54, 1.807) is 18.1 Å². The second-order valence-electron chi connectivity index (χ2n) is 4.55. The highest BCUT2D eigenvalue weighted by Crippen LogP contribution is 2.21. The van der Waals surface area contributed by atoms with Gasteiger partial charge in [-0.1, -0.05) is 19.9 Å². The Hall–Kier alpha value is -2.38. The van der Waals surface area contributed by atoms with Gasteiger partial charge < -0.3 is 9.72 Å². The fourth-order valence-electron chi connectivity index (χ4n) is 1.85. The molecular weight excluding hydrogens is 356 g/mol. The highest BCUT2D eigenvalue weighted by Gasteiger charge is 2.02. The van der Waals surface area contributed by atoms with Gasteiger partial charge in [-0.3, -0.25) is 9.71 Å². The van der Waals surface area contributed by atoms with Crippen molar-refractivity contribution in [3.63, 3.8) is 0 Å². The average molecular weight is 379 g/mol. The van der Waals surface area contributed by atoms with Gasteiger partial charge in [0.2, 0.25) is 0 Å². The second-order valence-corrected chi connectivity index (χ2v) is 5.63. The SMILES string of the molecule is CC.CNSc1c[nH]c(-c2ccccn2)c1.COc1cc(F)ccc1F. The highest BCUT2D eigenvalue weighted by atomic mass is 32.2. The molecule has 0 saturated carbocycles. The molecule has 2 aromatic heterocycles. The molecule has 0 aliphatic carbocycles. The van der Waals surface area contributed by atoms with Crippen molar-refractivity contribution in [2.24, 2.45) is 0 Å². The Kier molecular flexibility index (Phi) is 10.0. The van der Waals surface area contributed by atoms with Crippen molar-refractivity contribution < 1.29 is 13.5 Å². The van der Waals surface area contributed by atoms with Gasteiger partial charge in [0.05, 0.1) is 18.5 Å². The third kappa shape index (κ3) is 6.85. The number of nitrogens with one attached hydrogen (secondary N) is 2. The predicted octanol–water partition coefficient (Wildman–Crippen LogP) is 5.30. The van der Waals surface area contributed by atoms with E-state index in [1.165, 1.54) is 7.11 Å². The van der Waals surface area contributed by atoms with E-state index in [9.17, 15) is 8.78 Å². The lowest BCUT2D eigenvalue weighted by atomic mass is 10.3. The normalized spacial score (nSPS) is 9.46. The largest absolute Gasteiger partial charge is 0.494 e. The third-order valence-corrected chi connectivity index (χ3v) is 3.61. The number of pyridine rings is 1. The van der Waals surface area contributed by atoms with Crippen LogP contribution >= 0.6 is 11.9 Å². The molecule has 0 bridgehead atoms. The first-order valence-electron chi connectivity index (χ1n) is 8.06. The minimum absolute atomic E-state index is 0.0694. The molecule has 1 aromatic carbocycles. The van der Waals surface area contributed by atoms with Crippen molar-refractivity contribution in [1.29, 1.82) is 0 Å². The van der Waals surface area contributed by atoms with E-state index in [-0.39, 0.29) is 5.75 Å². The van der Waals surface area contributed by atoms with Crippen molar-refractivity contribution in [1.82, 2.24) is 14.7 Å². The van der Waals surface area contributed by atoms with Gasteiger partial charge in [-0.15, -0.1) is 0 Å². The van der Waals surface area contributed by atoms with Crippen LogP contribution in [0.25, 0.3) is 11.4 Å². The number of halogens is 2. The Bertz CT molecular complexity index is 766. The van der Waals surface area contributed by atoms with Crippen LogP contribution in [0, 0.1) is 11.6 Å². The van der Waals surface area contributed by atoms with E-state index in [0.29, 0.717) is 0 Å². The topological polar surface area (TPSA) is 49.9 Å². The van der Waals surface area contributed by atoms with Crippen molar-refractivity contribution in [2.45, 2.75) is 18.7 Å². The Morgan fingerprint density at radius 1 is 1.12 bits per heavy atom. The standard InChI is InChI=1S/C10H11N3S.C7H6F2O.C2H6/c1-11-14-8-6-10(13-7-8)9-4-2-3-5-12-9;1-10-7-4-5(8)2-3-6(7)9;1-2/h2-7,11,13H,1H3;2-4H,1H3;1-2H3. The van der Waals surface area contributed by atoms with Gasteiger partial charge in [0, 0.05) is 23.4 Å². The van der Waals surface area contributed by atoms with Gasteiger partial charge in [0.1, 0.15) is 5.82 Å². The van der Waals surface area contributed by atoms with E-state index in [0.717, 1.165) is 34.5 Å². The first-order valence-corrected chi connectivity index (χ1v) is 8.88. The van der Waals surface area contributed by atoms with Crippen LogP contribution in [0.5, 0.6) is 5.75 Å². The number of nitrogens with zero attached hydrogens (tertiary/aromatic N) is 1. The smallest absolute Gasteiger partial charge is 0.165 e. The molecule has 140 valence electrons. The summed E-state index contributed by atoms with van der Waals surface area (Å²) >= 11 is 1.58. The molecule has 0 unspecified atom stereocenters. The summed E-state index contributed by atoms with van der Waals surface area (Å²) in [4.78, 5) is 8.61. The number of ether oxygens (including phenoxy) is 1. The molecule has 0 saturated heterocycles. The van der Waals surface area contributed by atoms with E-state index in [1.807, 2.05) is 45.3 Å². The van der Waals surface area contributed by atoms with Crippen LogP contribution in [-0.4, -0.2) is 24.1 Å². The van der Waals surface area contributed by atoms with Crippen LogP contribution < -0.4 is 9.46 Å². The van der Waals surface area contributed by atoms with Crippen LogP contribution in [0.2, 0.25) is 0 Å². The zero-order chi connectivity index (χ0) is 19.4. The maximum absolute atomic E-state index is 12.5. The van der Waals surface area contributed by atoms with Crippen molar-refractivity contribution >= 4 is 11.9 Å². The predicted molar refractivity (Wildman–Crippen MR) is 103 cm³/mol. The molecule has 3 rings (SSSR count). The molecule has 3 aromatic rings. The Balaban J connectivity index is 0.000000249. The van der Waals surface area contributed by atoms with Crippen LogP contribution in [0.15, 0.2) is 59.8 Å². The second kappa shape index (κ2) is 12.1. The van der Waals surface area contributed by atoms with E-state index >= 15 is 0 Å². The molecule has 7 heteroatoms. The highest BCUT2D eigenvalue weighted by molar-refractivity contribution is 7.97. The number of aromatic nitrogens is 2. The summed E-state index contributed by atoms with van der Waals surface area (Å²) in [5.41, 5.74) is 2.01. The van der Waals surface area contributed by atoms with E-state index in [4.69, 9.17) is 0 Å². The van der Waals surface area contributed by atoms with Crippen molar-refractivity contribution in [2.75, 3.05) is 14.2 Å². The van der Waals surface area contributed by atoms with Crippen LogP contribution in [-0.2, 0) is 0 Å². The summed E-state index contributed by atoms with van der Waals surface area (Å²) in [7, 11) is 3.19. The number of hydrogen-bond acceptors (Lipinski definition) is 4. The number of H-pyrrole nitrogens is 1. The molecule has 2 N–H and O–H groups in total. The number of hydrogen-bond donors (Lipinski definition) is 2. The number of rotatable bonds is 4. The molecule has 0 atom stereocenters. The van der Waals surface area contributed by atoms with Crippen LogP contribution in [0.1, 0.15) is 13.8 Å². The molecule has 0 spiro atoms. The van der Waals surface area contributed by atoms with Gasteiger partial charge in [0.15, 0.2) is 11.6 Å². The monoisotopic (exact) mass is 379 g/mol. The van der Waals surface area contributed by atoms with E-state index in [2.05, 4.69) is 25.5 Å². The van der Waals surface area contributed by atoms with Gasteiger partial charge in [0.25, 0.3) is 0 Å². The van der Waals surface area contributed by atoms with Crippen molar-refractivity contribution in [3.8, 4) is 17.1 Å². The quantitative estimate of drug-likeness (QED) is 0.604. The average Bonchev–Trinajstić information content (AvgIpc) is 3.16. The van der Waals surface area contributed by atoms with Gasteiger partial charge in [-0.05, 0) is 49.3 Å². The van der Waals surface area contributed by atoms with Crippen LogP contribution in [0.4, 0.5) is 8.78 Å². The molecule has 0 aliphatic heterocycles. The summed E-state index contributed by atoms with van der Waals surface area (Å²) in [5, 5.41) is 0. The minimum atomic E-state index is -0.552. The minimum Gasteiger partial charge on any atom is -0.494 e. The maximum atomic E-state index is 12.5. The summed E-state index contributed by atoms with van der Waals surface area (Å²) in [6.07, 6.45) is 3.76. The first-order chi connectivity index (χ1) is 12.6. The molecule has 0 radical (unpaired) electrons. The fourth-order valence-corrected chi connectivity index (χ4v) is 2.39. The maximum Gasteiger partial charge on any atom is 0.165 e. The lowest BCUT2D eigenvalue weighted by molar-refractivity contribution is 0.383. The Morgan fingerprint density at radius 3 is 2.46 bits per heavy atom. The van der Waals surface area contributed by atoms with E-state index < -0.39 is 11.6 Å². The summed E-state index contributed by atoms with van der Waals surface area (Å²) in [6, 6.07) is 11.0. The Labute approximate surface area is 157 Å². The molecule has 0 fully saturated rings. The third-order valence-electron chi connectivity index (χ3n) is 2.93. The zero-order valence-corrected chi connectivity index (χ0v) is 16.0. The fraction of sp³-hybridized carbons (Fsp3) is 0.211. The Morgan fingerprint density at radius 2 is 1.88 bits per heavy atom. The molecule has 2 heterocycles. The van der Waals surface area contributed by atoms with Gasteiger partial charge in [-0.2, -0.15) is 0 Å². The molecule has 26 heavy (non-hydrogen) atoms. The number of aromatic amines is 1. The lowest BCUT2D eigenvalue weighted by Crippen LogP contribution is -1.88. The van der Waals surface area contributed by atoms with Crippen LogP contribution in [0.3, 0.4) is 0 Å². The summed E-state index contributed by atoms with van der Waals surface area (Å²) < 4.78 is 32.3. The van der Waals surface area contributed by atoms with Crippen molar-refractivity contribution in [3.05, 3.63) is 66.5 Å². The lowest BCUT2D eigenvalue weighted by Gasteiger charge is -1.99. The van der Waals surface area contributed by atoms with Gasteiger partial charge >= 0.3 is 0 Å². The molecular formula is C19H23F2N3OS. The number of methoxy groups -OCH3 is 1. The molecule has 0 aliphatic rings. The first kappa shape index (κ1) is 21.7. The van der Waals surface area contributed by atoms with Gasteiger partial charge in [-0.25, -0.2) is 8.78 Å². The zero-order valence-electron chi connectivity index (χ0n) is 15.2. The molecule has 0 amide bonds. The summed E-state index contributed by atoms with van der Waals surface area (Å²) in [5.74, 6) is -1.12. The molecule has 4 nitrogen and oxygen atoms in total. The summed E-state index contributed by atoms with van der Waals surface area (Å²) in [6.45, 7) is 4.00.